The van der Waals surface area contributed by atoms with Crippen LogP contribution in [0.3, 0.4) is 0 Å². The zero-order chi connectivity index (χ0) is 12.3. The molecule has 1 fully saturated rings. The Kier molecular flexibility index (Phi) is 3.96. The molecule has 0 spiro atoms. The molecule has 1 atom stereocenters. The van der Waals surface area contributed by atoms with Gasteiger partial charge in [-0.15, -0.1) is 5.10 Å². The first-order chi connectivity index (χ1) is 8.15. The van der Waals surface area contributed by atoms with Gasteiger partial charge in [-0.3, -0.25) is 4.79 Å². The largest absolute Gasteiger partial charge is 0.303 e. The fourth-order valence-corrected chi connectivity index (χ4v) is 2.41. The molecule has 1 aliphatic rings. The van der Waals surface area contributed by atoms with Crippen LogP contribution in [-0.4, -0.2) is 22.5 Å². The summed E-state index contributed by atoms with van der Waals surface area (Å²) in [6.45, 7) is 1.83. The van der Waals surface area contributed by atoms with Crippen molar-refractivity contribution in [2.75, 3.05) is 0 Å². The Morgan fingerprint density at radius 1 is 1.53 bits per heavy atom. The SMILES string of the molecule is C[C@@H]1S/C(=N/N=C\c2cccc(Br)c2)NC1=O. The average Bonchev–Trinajstić information content (AvgIpc) is 2.58. The van der Waals surface area contributed by atoms with Crippen molar-refractivity contribution in [3.63, 3.8) is 0 Å². The molecule has 6 heteroatoms. The van der Waals surface area contributed by atoms with Gasteiger partial charge in [-0.2, -0.15) is 5.10 Å². The van der Waals surface area contributed by atoms with Crippen LogP contribution < -0.4 is 5.32 Å². The monoisotopic (exact) mass is 311 g/mol. The van der Waals surface area contributed by atoms with Crippen molar-refractivity contribution in [2.45, 2.75) is 12.2 Å². The number of thioether (sulfide) groups is 1. The predicted octanol–water partition coefficient (Wildman–Crippen LogP) is 2.39. The Bertz CT molecular complexity index is 501. The molecule has 1 aromatic carbocycles. The molecular weight excluding hydrogens is 302 g/mol. The van der Waals surface area contributed by atoms with Gasteiger partial charge in [0.25, 0.3) is 0 Å². The first kappa shape index (κ1) is 12.3. The number of benzene rings is 1. The van der Waals surface area contributed by atoms with Gasteiger partial charge in [0.15, 0.2) is 5.17 Å². The minimum absolute atomic E-state index is 0.0218. The molecule has 1 aliphatic heterocycles. The first-order valence-electron chi connectivity index (χ1n) is 4.99. The molecule has 0 aromatic heterocycles. The third-order valence-electron chi connectivity index (χ3n) is 2.09. The van der Waals surface area contributed by atoms with Crippen LogP contribution in [0.2, 0.25) is 0 Å². The smallest absolute Gasteiger partial charge is 0.239 e. The van der Waals surface area contributed by atoms with E-state index >= 15 is 0 Å². The van der Waals surface area contributed by atoms with Crippen molar-refractivity contribution >= 4 is 45.0 Å². The van der Waals surface area contributed by atoms with E-state index in [4.69, 9.17) is 0 Å². The highest BCUT2D eigenvalue weighted by molar-refractivity contribution is 9.10. The number of nitrogens with one attached hydrogen (secondary N) is 1. The van der Waals surface area contributed by atoms with Crippen molar-refractivity contribution in [3.05, 3.63) is 34.3 Å². The van der Waals surface area contributed by atoms with Gasteiger partial charge in [-0.1, -0.05) is 39.8 Å². The predicted molar refractivity (Wildman–Crippen MR) is 74.4 cm³/mol. The van der Waals surface area contributed by atoms with Gasteiger partial charge in [0.05, 0.1) is 11.5 Å². The van der Waals surface area contributed by atoms with Crippen LogP contribution in [0.4, 0.5) is 0 Å². The van der Waals surface area contributed by atoms with Crippen LogP contribution in [0.1, 0.15) is 12.5 Å². The maximum Gasteiger partial charge on any atom is 0.239 e. The zero-order valence-corrected chi connectivity index (χ0v) is 11.5. The van der Waals surface area contributed by atoms with Crippen molar-refractivity contribution < 1.29 is 4.79 Å². The van der Waals surface area contributed by atoms with E-state index in [9.17, 15) is 4.79 Å². The highest BCUT2D eigenvalue weighted by atomic mass is 79.9. The van der Waals surface area contributed by atoms with Gasteiger partial charge < -0.3 is 5.32 Å². The summed E-state index contributed by atoms with van der Waals surface area (Å²) in [7, 11) is 0. The third-order valence-corrected chi connectivity index (χ3v) is 3.56. The summed E-state index contributed by atoms with van der Waals surface area (Å²) in [5.41, 5.74) is 0.950. The van der Waals surface area contributed by atoms with Crippen LogP contribution in [0.15, 0.2) is 38.9 Å². The van der Waals surface area contributed by atoms with Crippen molar-refractivity contribution in [1.29, 1.82) is 0 Å². The van der Waals surface area contributed by atoms with Crippen LogP contribution in [-0.2, 0) is 4.79 Å². The molecule has 1 aromatic rings. The fraction of sp³-hybridized carbons (Fsp3) is 0.182. The van der Waals surface area contributed by atoms with E-state index in [1.165, 1.54) is 11.8 Å². The van der Waals surface area contributed by atoms with E-state index in [2.05, 4.69) is 31.4 Å². The molecule has 1 N–H and O–H groups in total. The van der Waals surface area contributed by atoms with Crippen molar-refractivity contribution in [1.82, 2.24) is 5.32 Å². The second-order valence-electron chi connectivity index (χ2n) is 3.45. The molecule has 1 amide bonds. The molecule has 0 unspecified atom stereocenters. The van der Waals surface area contributed by atoms with Crippen LogP contribution in [0, 0.1) is 0 Å². The zero-order valence-electron chi connectivity index (χ0n) is 9.05. The molecule has 0 saturated carbocycles. The number of nitrogens with zero attached hydrogens (tertiary/aromatic N) is 2. The number of carbonyl (C=O) groups excluding carboxylic acids is 1. The first-order valence-corrected chi connectivity index (χ1v) is 6.66. The number of rotatable bonds is 2. The molecule has 2 rings (SSSR count). The molecule has 0 radical (unpaired) electrons. The number of amides is 1. The summed E-state index contributed by atoms with van der Waals surface area (Å²) >= 11 is 4.76. The van der Waals surface area contributed by atoms with Crippen molar-refractivity contribution in [2.24, 2.45) is 10.2 Å². The van der Waals surface area contributed by atoms with Gasteiger partial charge in [0.1, 0.15) is 0 Å². The van der Waals surface area contributed by atoms with Gasteiger partial charge in [-0.25, -0.2) is 0 Å². The highest BCUT2D eigenvalue weighted by Crippen LogP contribution is 2.18. The number of amidine groups is 1. The molecule has 0 aliphatic carbocycles. The molecule has 4 nitrogen and oxygen atoms in total. The van der Waals surface area contributed by atoms with Crippen molar-refractivity contribution in [3.8, 4) is 0 Å². The Labute approximate surface area is 112 Å². The standard InChI is InChI=1S/C11H10BrN3OS/c1-7-10(16)14-11(17-7)15-13-6-8-3-2-4-9(12)5-8/h2-7H,1H3,(H,14,15,16)/b13-6-/t7-/m0/s1. The van der Waals surface area contributed by atoms with E-state index < -0.39 is 0 Å². The quantitative estimate of drug-likeness (QED) is 0.673. The Morgan fingerprint density at radius 2 is 2.35 bits per heavy atom. The normalized spacial score (nSPS) is 22.4. The number of hydrogen-bond donors (Lipinski definition) is 1. The van der Waals surface area contributed by atoms with E-state index in [0.717, 1.165) is 10.0 Å². The molecule has 0 bridgehead atoms. The lowest BCUT2D eigenvalue weighted by atomic mass is 10.2. The van der Waals surface area contributed by atoms with Gasteiger partial charge in [0, 0.05) is 4.47 Å². The lowest BCUT2D eigenvalue weighted by Crippen LogP contribution is -2.23. The molecule has 1 saturated heterocycles. The second kappa shape index (κ2) is 5.46. The summed E-state index contributed by atoms with van der Waals surface area (Å²) in [4.78, 5) is 11.2. The van der Waals surface area contributed by atoms with Gasteiger partial charge in [-0.05, 0) is 24.6 Å². The Morgan fingerprint density at radius 3 is 3.00 bits per heavy atom. The lowest BCUT2D eigenvalue weighted by Gasteiger charge is -1.92. The minimum Gasteiger partial charge on any atom is -0.303 e. The maximum atomic E-state index is 11.2. The van der Waals surface area contributed by atoms with Gasteiger partial charge >= 0.3 is 0 Å². The third kappa shape index (κ3) is 3.41. The van der Waals surface area contributed by atoms with Crippen LogP contribution in [0.5, 0.6) is 0 Å². The van der Waals surface area contributed by atoms with Gasteiger partial charge in [0.2, 0.25) is 5.91 Å². The molecular formula is C11H10BrN3OS. The van der Waals surface area contributed by atoms with E-state index in [1.807, 2.05) is 31.2 Å². The van der Waals surface area contributed by atoms with Crippen LogP contribution >= 0.6 is 27.7 Å². The fourth-order valence-electron chi connectivity index (χ4n) is 1.24. The minimum atomic E-state index is -0.0881. The Balaban J connectivity index is 2.03. The number of halogens is 1. The lowest BCUT2D eigenvalue weighted by molar-refractivity contribution is -0.118. The number of carbonyl (C=O) groups is 1. The van der Waals surface area contributed by atoms with E-state index in [-0.39, 0.29) is 11.2 Å². The Hall–Kier alpha value is -1.14. The molecule has 17 heavy (non-hydrogen) atoms. The maximum absolute atomic E-state index is 11.2. The average molecular weight is 312 g/mol. The molecule has 88 valence electrons. The van der Waals surface area contributed by atoms with Crippen LogP contribution in [0.25, 0.3) is 0 Å². The summed E-state index contributed by atoms with van der Waals surface area (Å²) < 4.78 is 0.992. The summed E-state index contributed by atoms with van der Waals surface area (Å²) in [5, 5.41) is 11.0. The summed E-state index contributed by atoms with van der Waals surface area (Å²) in [6.07, 6.45) is 1.65. The topological polar surface area (TPSA) is 53.8 Å². The highest BCUT2D eigenvalue weighted by Gasteiger charge is 2.25. The summed E-state index contributed by atoms with van der Waals surface area (Å²) in [6, 6.07) is 7.73. The summed E-state index contributed by atoms with van der Waals surface area (Å²) in [5.74, 6) is -0.0218. The number of hydrogen-bond acceptors (Lipinski definition) is 4. The molecule has 1 heterocycles. The van der Waals surface area contributed by atoms with E-state index in [0.29, 0.717) is 5.17 Å². The van der Waals surface area contributed by atoms with E-state index in [1.54, 1.807) is 6.21 Å². The second-order valence-corrected chi connectivity index (χ2v) is 5.70.